The van der Waals surface area contributed by atoms with Gasteiger partial charge in [0.1, 0.15) is 18.2 Å². The summed E-state index contributed by atoms with van der Waals surface area (Å²) in [6.07, 6.45) is 0.153. The topological polar surface area (TPSA) is 54.0 Å². The monoisotopic (exact) mass is 428 g/mol. The summed E-state index contributed by atoms with van der Waals surface area (Å²) >= 11 is 0. The van der Waals surface area contributed by atoms with Gasteiger partial charge in [-0.05, 0) is 70.0 Å². The zero-order valence-electron chi connectivity index (χ0n) is 18.8. The molecule has 0 saturated carbocycles. The minimum Gasteiger partial charge on any atom is -0.489 e. The molecule has 1 unspecified atom stereocenters. The largest absolute Gasteiger partial charge is 0.489 e. The molecule has 1 saturated heterocycles. The molecule has 31 heavy (non-hydrogen) atoms. The first-order chi connectivity index (χ1) is 14.6. The first-order valence-electron chi connectivity index (χ1n) is 10.6. The average molecular weight is 428 g/mol. The van der Waals surface area contributed by atoms with Crippen molar-refractivity contribution in [2.24, 2.45) is 0 Å². The highest BCUT2D eigenvalue weighted by atomic mass is 19.1. The molecule has 0 aromatic heterocycles. The number of esters is 1. The van der Waals surface area contributed by atoms with Gasteiger partial charge >= 0.3 is 13.1 Å². The molecule has 166 valence electrons. The van der Waals surface area contributed by atoms with E-state index in [1.165, 1.54) is 12.1 Å². The molecule has 0 bridgehead atoms. The lowest BCUT2D eigenvalue weighted by Gasteiger charge is -2.32. The van der Waals surface area contributed by atoms with Gasteiger partial charge in [0, 0.05) is 5.82 Å². The maximum absolute atomic E-state index is 13.0. The second kappa shape index (κ2) is 9.41. The molecule has 1 atom stereocenters. The van der Waals surface area contributed by atoms with Crippen LogP contribution in [0.2, 0.25) is 0 Å². The van der Waals surface area contributed by atoms with Gasteiger partial charge in [0.05, 0.1) is 24.2 Å². The number of hydrogen-bond acceptors (Lipinski definition) is 5. The van der Waals surface area contributed by atoms with E-state index in [1.54, 1.807) is 19.1 Å². The normalized spacial score (nSPS) is 17.9. The van der Waals surface area contributed by atoms with Gasteiger partial charge in [-0.3, -0.25) is 4.79 Å². The highest BCUT2D eigenvalue weighted by molar-refractivity contribution is 6.48. The number of carbonyl (C=O) groups excluding carboxylic acids is 1. The van der Waals surface area contributed by atoms with Crippen molar-refractivity contribution < 1.29 is 28.0 Å². The number of carbonyl (C=O) groups is 1. The van der Waals surface area contributed by atoms with Crippen LogP contribution in [-0.2, 0) is 25.4 Å². The molecular formula is C24H30BFO5. The molecule has 2 aromatic carbocycles. The zero-order chi connectivity index (χ0) is 22.6. The summed E-state index contributed by atoms with van der Waals surface area (Å²) in [6, 6.07) is 13.7. The highest BCUT2D eigenvalue weighted by Crippen LogP contribution is 2.42. The Morgan fingerprint density at radius 1 is 1.00 bits per heavy atom. The summed E-state index contributed by atoms with van der Waals surface area (Å²) < 4.78 is 36.4. The summed E-state index contributed by atoms with van der Waals surface area (Å²) in [5, 5.41) is 0. The van der Waals surface area contributed by atoms with Crippen molar-refractivity contribution in [3.8, 4) is 5.75 Å². The van der Waals surface area contributed by atoms with Gasteiger partial charge in [-0.2, -0.15) is 0 Å². The Morgan fingerprint density at radius 2 is 1.58 bits per heavy atom. The number of ether oxygens (including phenoxy) is 2. The Labute approximate surface area is 184 Å². The minimum atomic E-state index is -0.569. The van der Waals surface area contributed by atoms with Crippen molar-refractivity contribution in [3.63, 3.8) is 0 Å². The SMILES string of the molecule is CCOC(=O)CC(B1OC(C)(C)C(C)(C)O1)c1ccc(OCc2ccc(F)cc2)cc1. The van der Waals surface area contributed by atoms with Gasteiger partial charge in [-0.25, -0.2) is 4.39 Å². The highest BCUT2D eigenvalue weighted by Gasteiger charge is 2.54. The van der Waals surface area contributed by atoms with Crippen LogP contribution >= 0.6 is 0 Å². The molecule has 7 heteroatoms. The third kappa shape index (κ3) is 5.66. The molecule has 1 heterocycles. The molecule has 0 radical (unpaired) electrons. The van der Waals surface area contributed by atoms with Crippen LogP contribution in [0.25, 0.3) is 0 Å². The Hall–Kier alpha value is -2.38. The fourth-order valence-electron chi connectivity index (χ4n) is 3.38. The average Bonchev–Trinajstić information content (AvgIpc) is 2.93. The lowest BCUT2D eigenvalue weighted by Crippen LogP contribution is -2.41. The van der Waals surface area contributed by atoms with Crippen LogP contribution in [0.1, 0.15) is 58.0 Å². The lowest BCUT2D eigenvalue weighted by atomic mass is 9.66. The zero-order valence-corrected chi connectivity index (χ0v) is 18.8. The maximum Gasteiger partial charge on any atom is 0.466 e. The molecule has 2 aromatic rings. The van der Waals surface area contributed by atoms with Crippen LogP contribution in [-0.4, -0.2) is 30.9 Å². The Kier molecular flexibility index (Phi) is 7.07. The second-order valence-corrected chi connectivity index (χ2v) is 8.72. The summed E-state index contributed by atoms with van der Waals surface area (Å²) in [5.41, 5.74) is 0.787. The van der Waals surface area contributed by atoms with Crippen molar-refractivity contribution in [1.82, 2.24) is 0 Å². The van der Waals surface area contributed by atoms with Crippen molar-refractivity contribution in [2.45, 2.75) is 64.7 Å². The fourth-order valence-corrected chi connectivity index (χ4v) is 3.38. The fraction of sp³-hybridized carbons (Fsp3) is 0.458. The molecule has 0 aliphatic carbocycles. The van der Waals surface area contributed by atoms with E-state index in [4.69, 9.17) is 18.8 Å². The number of rotatable bonds is 8. The van der Waals surface area contributed by atoms with E-state index >= 15 is 0 Å². The minimum absolute atomic E-state index is 0.153. The Morgan fingerprint density at radius 3 is 2.13 bits per heavy atom. The molecule has 3 rings (SSSR count). The maximum atomic E-state index is 13.0. The van der Waals surface area contributed by atoms with E-state index < -0.39 is 18.3 Å². The van der Waals surface area contributed by atoms with Gasteiger partial charge in [-0.1, -0.05) is 24.3 Å². The number of benzene rings is 2. The second-order valence-electron chi connectivity index (χ2n) is 8.72. The van der Waals surface area contributed by atoms with Crippen molar-refractivity contribution >= 4 is 13.1 Å². The standard InChI is InChI=1S/C24H30BFO5/c1-6-28-22(27)15-21(25-30-23(2,3)24(4,5)31-25)18-9-13-20(14-10-18)29-16-17-7-11-19(26)12-8-17/h7-14,21H,6,15-16H2,1-5H3. The van der Waals surface area contributed by atoms with E-state index in [1.807, 2.05) is 52.0 Å². The van der Waals surface area contributed by atoms with Crippen molar-refractivity contribution in [3.05, 3.63) is 65.5 Å². The van der Waals surface area contributed by atoms with Crippen molar-refractivity contribution in [2.75, 3.05) is 6.61 Å². The Bertz CT molecular complexity index is 864. The van der Waals surface area contributed by atoms with Crippen LogP contribution < -0.4 is 4.74 Å². The van der Waals surface area contributed by atoms with Crippen LogP contribution in [0.15, 0.2) is 48.5 Å². The van der Waals surface area contributed by atoms with Crippen LogP contribution in [0.4, 0.5) is 4.39 Å². The number of halogens is 1. The summed E-state index contributed by atoms with van der Waals surface area (Å²) in [6.45, 7) is 10.4. The van der Waals surface area contributed by atoms with E-state index in [2.05, 4.69) is 0 Å². The van der Waals surface area contributed by atoms with Gasteiger partial charge in [-0.15, -0.1) is 0 Å². The van der Waals surface area contributed by atoms with E-state index in [9.17, 15) is 9.18 Å². The summed E-state index contributed by atoms with van der Waals surface area (Å²) in [4.78, 5) is 12.3. The van der Waals surface area contributed by atoms with Gasteiger partial charge < -0.3 is 18.8 Å². The molecule has 1 aliphatic heterocycles. The van der Waals surface area contributed by atoms with Crippen LogP contribution in [0.3, 0.4) is 0 Å². The third-order valence-corrected chi connectivity index (χ3v) is 5.92. The number of hydrogen-bond donors (Lipinski definition) is 0. The molecule has 0 spiro atoms. The van der Waals surface area contributed by atoms with Gasteiger partial charge in [0.15, 0.2) is 0 Å². The van der Waals surface area contributed by atoms with Gasteiger partial charge in [0.25, 0.3) is 0 Å². The summed E-state index contributed by atoms with van der Waals surface area (Å²) in [7, 11) is -0.569. The first-order valence-corrected chi connectivity index (χ1v) is 10.6. The van der Waals surface area contributed by atoms with Crippen molar-refractivity contribution in [1.29, 1.82) is 0 Å². The van der Waals surface area contributed by atoms with E-state index in [0.29, 0.717) is 19.0 Å². The molecular weight excluding hydrogens is 398 g/mol. The predicted molar refractivity (Wildman–Crippen MR) is 117 cm³/mol. The Balaban J connectivity index is 1.74. The van der Waals surface area contributed by atoms with Gasteiger partial charge in [0.2, 0.25) is 0 Å². The third-order valence-electron chi connectivity index (χ3n) is 5.92. The predicted octanol–water partition coefficient (Wildman–Crippen LogP) is 5.07. The molecule has 1 aliphatic rings. The van der Waals surface area contributed by atoms with Crippen LogP contribution in [0, 0.1) is 5.82 Å². The lowest BCUT2D eigenvalue weighted by molar-refractivity contribution is -0.143. The molecule has 0 amide bonds. The van der Waals surface area contributed by atoms with E-state index in [-0.39, 0.29) is 24.0 Å². The molecule has 0 N–H and O–H groups in total. The summed E-state index contributed by atoms with van der Waals surface area (Å²) in [5.74, 6) is -0.203. The molecule has 1 fully saturated rings. The van der Waals surface area contributed by atoms with E-state index in [0.717, 1.165) is 11.1 Å². The quantitative estimate of drug-likeness (QED) is 0.434. The molecule has 5 nitrogen and oxygen atoms in total. The smallest absolute Gasteiger partial charge is 0.466 e. The van der Waals surface area contributed by atoms with Crippen LogP contribution in [0.5, 0.6) is 5.75 Å². The first kappa shape index (κ1) is 23.3.